The molecule has 0 aliphatic carbocycles. The molecule has 1 aromatic heterocycles. The fourth-order valence-corrected chi connectivity index (χ4v) is 1.03. The van der Waals surface area contributed by atoms with E-state index in [1.807, 2.05) is 6.07 Å². The Morgan fingerprint density at radius 1 is 1.73 bits per heavy atom. The van der Waals surface area contributed by atoms with E-state index in [1.54, 1.807) is 6.07 Å². The highest BCUT2D eigenvalue weighted by Gasteiger charge is 1.97. The van der Waals surface area contributed by atoms with Crippen LogP contribution in [-0.2, 0) is 6.42 Å². The average Bonchev–Trinajstić information content (AvgIpc) is 1.98. The van der Waals surface area contributed by atoms with E-state index in [0.29, 0.717) is 12.1 Å². The first kappa shape index (κ1) is 8.02. The minimum absolute atomic E-state index is 0.318. The number of hydrogen-bond acceptors (Lipinski definition) is 3. The summed E-state index contributed by atoms with van der Waals surface area (Å²) in [6.07, 6.45) is 1.86. The Bertz CT molecular complexity index is 303. The second-order valence-electron chi connectivity index (χ2n) is 2.03. The van der Waals surface area contributed by atoms with Gasteiger partial charge in [0.15, 0.2) is 0 Å². The molecular weight excluding hydrogens is 206 g/mol. The zero-order valence-corrected chi connectivity index (χ0v) is 7.30. The van der Waals surface area contributed by atoms with Crippen molar-refractivity contribution in [3.05, 3.63) is 22.4 Å². The fraction of sp³-hybridized carbons (Fsp3) is 0.143. The molecule has 0 amide bonds. The van der Waals surface area contributed by atoms with Crippen LogP contribution in [0.15, 0.2) is 16.7 Å². The van der Waals surface area contributed by atoms with E-state index in [2.05, 4.69) is 20.9 Å². The number of aromatic nitrogens is 1. The molecule has 1 aromatic rings. The normalized spacial score (nSPS) is 9.09. The zero-order chi connectivity index (χ0) is 8.27. The van der Waals surface area contributed by atoms with Crippen molar-refractivity contribution in [3.63, 3.8) is 0 Å². The summed E-state index contributed by atoms with van der Waals surface area (Å²) in [4.78, 5) is 3.95. The van der Waals surface area contributed by atoms with E-state index in [0.717, 1.165) is 10.2 Å². The molecule has 0 spiro atoms. The minimum Gasteiger partial charge on any atom is -0.397 e. The summed E-state index contributed by atoms with van der Waals surface area (Å²) in [5, 5.41) is 8.34. The predicted molar refractivity (Wildman–Crippen MR) is 45.7 cm³/mol. The van der Waals surface area contributed by atoms with Crippen molar-refractivity contribution in [1.82, 2.24) is 4.98 Å². The Balaban J connectivity index is 2.98. The van der Waals surface area contributed by atoms with Crippen LogP contribution < -0.4 is 5.73 Å². The molecule has 0 radical (unpaired) electrons. The number of nitriles is 1. The summed E-state index contributed by atoms with van der Waals surface area (Å²) in [5.74, 6) is 0. The van der Waals surface area contributed by atoms with Crippen molar-refractivity contribution in [2.24, 2.45) is 0 Å². The van der Waals surface area contributed by atoms with E-state index < -0.39 is 0 Å². The molecule has 3 nitrogen and oxygen atoms in total. The zero-order valence-electron chi connectivity index (χ0n) is 5.71. The lowest BCUT2D eigenvalue weighted by molar-refractivity contribution is 1.11. The van der Waals surface area contributed by atoms with Crippen LogP contribution in [0, 0.1) is 11.3 Å². The monoisotopic (exact) mass is 211 g/mol. The van der Waals surface area contributed by atoms with Gasteiger partial charge in [-0.1, -0.05) is 0 Å². The number of anilines is 1. The molecule has 4 heteroatoms. The van der Waals surface area contributed by atoms with Crippen molar-refractivity contribution in [2.45, 2.75) is 6.42 Å². The van der Waals surface area contributed by atoms with Gasteiger partial charge in [-0.15, -0.1) is 0 Å². The Labute approximate surface area is 73.0 Å². The number of pyridine rings is 1. The number of nitrogen functional groups attached to an aromatic ring is 1. The van der Waals surface area contributed by atoms with Gasteiger partial charge in [0.05, 0.1) is 30.1 Å². The first-order valence-corrected chi connectivity index (χ1v) is 3.80. The molecule has 0 saturated heterocycles. The van der Waals surface area contributed by atoms with Crippen LogP contribution in [0.5, 0.6) is 0 Å². The SMILES string of the molecule is N#CCc1cc(Br)c(N)cn1. The van der Waals surface area contributed by atoms with Gasteiger partial charge in [0.25, 0.3) is 0 Å². The van der Waals surface area contributed by atoms with Gasteiger partial charge in [0.2, 0.25) is 0 Å². The van der Waals surface area contributed by atoms with Crippen LogP contribution in [0.3, 0.4) is 0 Å². The highest BCUT2D eigenvalue weighted by molar-refractivity contribution is 9.10. The topological polar surface area (TPSA) is 62.7 Å². The molecule has 2 N–H and O–H groups in total. The predicted octanol–water partition coefficient (Wildman–Crippen LogP) is 1.49. The molecule has 0 unspecified atom stereocenters. The first-order chi connectivity index (χ1) is 5.24. The van der Waals surface area contributed by atoms with Gasteiger partial charge in [-0.3, -0.25) is 4.98 Å². The number of halogens is 1. The van der Waals surface area contributed by atoms with Gasteiger partial charge in [-0.2, -0.15) is 5.26 Å². The summed E-state index contributed by atoms with van der Waals surface area (Å²) in [6, 6.07) is 3.76. The van der Waals surface area contributed by atoms with Crippen LogP contribution >= 0.6 is 15.9 Å². The summed E-state index contributed by atoms with van der Waals surface area (Å²) in [7, 11) is 0. The van der Waals surface area contributed by atoms with Gasteiger partial charge >= 0.3 is 0 Å². The molecule has 56 valence electrons. The second kappa shape index (κ2) is 3.35. The molecule has 0 bridgehead atoms. The lowest BCUT2D eigenvalue weighted by Gasteiger charge is -1.97. The summed E-state index contributed by atoms with van der Waals surface area (Å²) in [5.41, 5.74) is 6.81. The smallest absolute Gasteiger partial charge is 0.0775 e. The Kier molecular flexibility index (Phi) is 2.44. The first-order valence-electron chi connectivity index (χ1n) is 3.01. The third-order valence-corrected chi connectivity index (χ3v) is 1.89. The number of rotatable bonds is 1. The Hall–Kier alpha value is -1.08. The van der Waals surface area contributed by atoms with Crippen molar-refractivity contribution >= 4 is 21.6 Å². The summed E-state index contributed by atoms with van der Waals surface area (Å²) in [6.45, 7) is 0. The van der Waals surface area contributed by atoms with E-state index in [-0.39, 0.29) is 0 Å². The molecule has 0 atom stereocenters. The third-order valence-electron chi connectivity index (χ3n) is 1.20. The quantitative estimate of drug-likeness (QED) is 0.766. The van der Waals surface area contributed by atoms with Crippen LogP contribution in [-0.4, -0.2) is 4.98 Å². The van der Waals surface area contributed by atoms with Crippen molar-refractivity contribution in [2.75, 3.05) is 5.73 Å². The highest BCUT2D eigenvalue weighted by Crippen LogP contribution is 2.18. The number of nitrogens with two attached hydrogens (primary N) is 1. The summed E-state index contributed by atoms with van der Waals surface area (Å²) >= 11 is 3.24. The third kappa shape index (κ3) is 1.92. The van der Waals surface area contributed by atoms with Crippen LogP contribution in [0.2, 0.25) is 0 Å². The van der Waals surface area contributed by atoms with Crippen LogP contribution in [0.4, 0.5) is 5.69 Å². The molecule has 11 heavy (non-hydrogen) atoms. The largest absolute Gasteiger partial charge is 0.397 e. The van der Waals surface area contributed by atoms with Crippen LogP contribution in [0.1, 0.15) is 5.69 Å². The molecule has 1 heterocycles. The fourth-order valence-electron chi connectivity index (χ4n) is 0.659. The maximum Gasteiger partial charge on any atom is 0.0775 e. The molecule has 1 rings (SSSR count). The second-order valence-corrected chi connectivity index (χ2v) is 2.89. The van der Waals surface area contributed by atoms with E-state index >= 15 is 0 Å². The lowest BCUT2D eigenvalue weighted by atomic mass is 10.3. The standard InChI is InChI=1S/C7H6BrN3/c8-6-3-5(1-2-9)11-4-7(6)10/h3-4H,1,10H2. The Morgan fingerprint density at radius 3 is 3.00 bits per heavy atom. The van der Waals surface area contributed by atoms with Crippen LogP contribution in [0.25, 0.3) is 0 Å². The maximum atomic E-state index is 8.34. The van der Waals surface area contributed by atoms with E-state index in [4.69, 9.17) is 11.0 Å². The molecule has 0 fully saturated rings. The Morgan fingerprint density at radius 2 is 2.45 bits per heavy atom. The van der Waals surface area contributed by atoms with Gasteiger partial charge in [-0.05, 0) is 22.0 Å². The average molecular weight is 212 g/mol. The highest BCUT2D eigenvalue weighted by atomic mass is 79.9. The summed E-state index contributed by atoms with van der Waals surface area (Å²) < 4.78 is 0.790. The molecule has 0 aliphatic rings. The molecule has 0 aliphatic heterocycles. The van der Waals surface area contributed by atoms with E-state index in [1.165, 1.54) is 6.20 Å². The number of nitrogens with zero attached hydrogens (tertiary/aromatic N) is 2. The lowest BCUT2D eigenvalue weighted by Crippen LogP contribution is -1.92. The number of hydrogen-bond donors (Lipinski definition) is 1. The minimum atomic E-state index is 0.318. The van der Waals surface area contributed by atoms with Crippen molar-refractivity contribution < 1.29 is 0 Å². The molecule has 0 saturated carbocycles. The van der Waals surface area contributed by atoms with E-state index in [9.17, 15) is 0 Å². The maximum absolute atomic E-state index is 8.34. The van der Waals surface area contributed by atoms with Gasteiger partial charge in [0, 0.05) is 4.47 Å². The van der Waals surface area contributed by atoms with Crippen molar-refractivity contribution in [3.8, 4) is 6.07 Å². The van der Waals surface area contributed by atoms with Crippen molar-refractivity contribution in [1.29, 1.82) is 5.26 Å². The molecular formula is C7H6BrN3. The van der Waals surface area contributed by atoms with Gasteiger partial charge in [0.1, 0.15) is 0 Å². The molecule has 0 aromatic carbocycles. The van der Waals surface area contributed by atoms with Gasteiger partial charge < -0.3 is 5.73 Å². The van der Waals surface area contributed by atoms with Gasteiger partial charge in [-0.25, -0.2) is 0 Å².